The van der Waals surface area contributed by atoms with Gasteiger partial charge in [-0.15, -0.1) is 11.3 Å². The molecule has 2 aromatic rings. The number of anilines is 1. The predicted octanol–water partition coefficient (Wildman–Crippen LogP) is 3.78. The number of hydrogen-bond donors (Lipinski definition) is 1. The summed E-state index contributed by atoms with van der Waals surface area (Å²) in [7, 11) is 1.32. The molecule has 27 heavy (non-hydrogen) atoms. The molecule has 0 saturated heterocycles. The first-order valence-corrected chi connectivity index (χ1v) is 9.64. The summed E-state index contributed by atoms with van der Waals surface area (Å²) in [6.45, 7) is 2.02. The smallest absolute Gasteiger partial charge is 0.341 e. The molecule has 3 rings (SSSR count). The quantitative estimate of drug-likeness (QED) is 0.624. The van der Waals surface area contributed by atoms with Crippen molar-refractivity contribution in [1.82, 2.24) is 0 Å². The normalized spacial score (nSPS) is 11.5. The van der Waals surface area contributed by atoms with Gasteiger partial charge in [0.25, 0.3) is 0 Å². The van der Waals surface area contributed by atoms with E-state index in [2.05, 4.69) is 10.1 Å². The van der Waals surface area contributed by atoms with Gasteiger partial charge in [0.1, 0.15) is 5.00 Å². The van der Waals surface area contributed by atoms with Crippen molar-refractivity contribution in [3.63, 3.8) is 0 Å². The van der Waals surface area contributed by atoms with Crippen molar-refractivity contribution in [2.24, 2.45) is 0 Å². The van der Waals surface area contributed by atoms with Crippen molar-refractivity contribution in [1.29, 1.82) is 0 Å². The highest BCUT2D eigenvalue weighted by atomic mass is 32.1. The molecule has 0 radical (unpaired) electrons. The van der Waals surface area contributed by atoms with Crippen molar-refractivity contribution in [3.05, 3.63) is 41.0 Å². The summed E-state index contributed by atoms with van der Waals surface area (Å²) in [6.07, 6.45) is 1.40. The first-order chi connectivity index (χ1) is 13.0. The topological polar surface area (TPSA) is 81.7 Å². The van der Waals surface area contributed by atoms with Crippen LogP contribution in [0.2, 0.25) is 0 Å². The van der Waals surface area contributed by atoms with E-state index in [0.717, 1.165) is 16.0 Å². The van der Waals surface area contributed by atoms with Gasteiger partial charge in [0.05, 0.1) is 19.3 Å². The van der Waals surface area contributed by atoms with Crippen LogP contribution in [0.25, 0.3) is 10.4 Å². The molecular weight excluding hydrogens is 366 g/mol. The van der Waals surface area contributed by atoms with E-state index in [4.69, 9.17) is 4.74 Å². The lowest BCUT2D eigenvalue weighted by molar-refractivity contribution is -0.140. The third-order valence-corrected chi connectivity index (χ3v) is 5.56. The number of methoxy groups -OCH3 is 1. The van der Waals surface area contributed by atoms with Gasteiger partial charge >= 0.3 is 11.9 Å². The molecule has 0 aliphatic heterocycles. The van der Waals surface area contributed by atoms with E-state index in [1.165, 1.54) is 24.0 Å². The molecule has 1 aromatic heterocycles. The van der Waals surface area contributed by atoms with Crippen molar-refractivity contribution in [2.75, 3.05) is 19.0 Å². The second kappa shape index (κ2) is 8.35. The van der Waals surface area contributed by atoms with Crippen molar-refractivity contribution in [2.45, 2.75) is 32.6 Å². The Bertz CT molecular complexity index is 886. The Morgan fingerprint density at radius 1 is 1.19 bits per heavy atom. The average Bonchev–Trinajstić information content (AvgIpc) is 3.17. The van der Waals surface area contributed by atoms with Crippen LogP contribution in [0.4, 0.5) is 5.00 Å². The molecule has 0 bridgehead atoms. The van der Waals surface area contributed by atoms with Crippen molar-refractivity contribution in [3.8, 4) is 10.4 Å². The zero-order valence-corrected chi connectivity index (χ0v) is 16.1. The summed E-state index contributed by atoms with van der Waals surface area (Å²) < 4.78 is 9.79. The van der Waals surface area contributed by atoms with Crippen LogP contribution in [0.5, 0.6) is 0 Å². The molecule has 0 saturated carbocycles. The number of benzene rings is 1. The fourth-order valence-corrected chi connectivity index (χ4v) is 4.41. The lowest BCUT2D eigenvalue weighted by Gasteiger charge is -2.08. The van der Waals surface area contributed by atoms with E-state index in [0.29, 0.717) is 23.4 Å². The number of carbonyl (C=O) groups excluding carboxylic acids is 3. The lowest BCUT2D eigenvalue weighted by Crippen LogP contribution is -2.15. The van der Waals surface area contributed by atoms with Gasteiger partial charge in [-0.25, -0.2) is 4.79 Å². The Morgan fingerprint density at radius 2 is 1.96 bits per heavy atom. The standard InChI is InChI=1S/C20H21NO5S/c1-3-26-20(24)17-14-11-12-7-4-5-8-13(12)18(14)27-19(17)21-15(22)9-6-10-16(23)25-2/h4-5,7-8H,3,6,9-11H2,1-2H3,(H,21,22). The maximum Gasteiger partial charge on any atom is 0.341 e. The SMILES string of the molecule is CCOC(=O)c1c(NC(=O)CCCC(=O)OC)sc2c1Cc1ccccc1-2. The summed E-state index contributed by atoms with van der Waals surface area (Å²) in [5.41, 5.74) is 3.60. The number of amides is 1. The minimum atomic E-state index is -0.423. The predicted molar refractivity (Wildman–Crippen MR) is 103 cm³/mol. The van der Waals surface area contributed by atoms with E-state index < -0.39 is 5.97 Å². The molecule has 1 amide bonds. The van der Waals surface area contributed by atoms with Gasteiger partial charge in [-0.05, 0) is 30.0 Å². The largest absolute Gasteiger partial charge is 0.469 e. The second-order valence-electron chi connectivity index (χ2n) is 6.15. The monoisotopic (exact) mass is 387 g/mol. The van der Waals surface area contributed by atoms with E-state index in [9.17, 15) is 14.4 Å². The third kappa shape index (κ3) is 4.03. The van der Waals surface area contributed by atoms with Crippen LogP contribution >= 0.6 is 11.3 Å². The fourth-order valence-electron chi connectivity index (χ4n) is 3.13. The minimum Gasteiger partial charge on any atom is -0.469 e. The number of esters is 2. The maximum absolute atomic E-state index is 12.5. The molecule has 0 unspecified atom stereocenters. The molecular formula is C20H21NO5S. The number of hydrogen-bond acceptors (Lipinski definition) is 6. The lowest BCUT2D eigenvalue weighted by atomic mass is 10.1. The Balaban J connectivity index is 1.82. The van der Waals surface area contributed by atoms with Gasteiger partial charge in [0.15, 0.2) is 0 Å². The molecule has 1 aliphatic rings. The summed E-state index contributed by atoms with van der Waals surface area (Å²) in [5, 5.41) is 3.34. The molecule has 1 N–H and O–H groups in total. The van der Waals surface area contributed by atoms with Crippen LogP contribution in [0.1, 0.15) is 47.7 Å². The minimum absolute atomic E-state index is 0.177. The molecule has 1 aromatic carbocycles. The molecule has 1 heterocycles. The zero-order valence-electron chi connectivity index (χ0n) is 15.3. The van der Waals surface area contributed by atoms with Crippen molar-refractivity contribution >= 4 is 34.2 Å². The molecule has 0 spiro atoms. The molecule has 0 fully saturated rings. The Kier molecular flexibility index (Phi) is 5.91. The molecule has 1 aliphatic carbocycles. The van der Waals surface area contributed by atoms with E-state index in [1.807, 2.05) is 24.3 Å². The van der Waals surface area contributed by atoms with Crippen LogP contribution in [0.3, 0.4) is 0 Å². The van der Waals surface area contributed by atoms with Gasteiger partial charge < -0.3 is 14.8 Å². The van der Waals surface area contributed by atoms with E-state index in [-0.39, 0.29) is 31.3 Å². The summed E-state index contributed by atoms with van der Waals surface area (Å²) >= 11 is 1.39. The van der Waals surface area contributed by atoms with E-state index >= 15 is 0 Å². The number of rotatable bonds is 7. The van der Waals surface area contributed by atoms with E-state index in [1.54, 1.807) is 6.92 Å². The number of thiophene rings is 1. The van der Waals surface area contributed by atoms with Crippen LogP contribution < -0.4 is 5.32 Å². The summed E-state index contributed by atoms with van der Waals surface area (Å²) in [6, 6.07) is 8.00. The molecule has 0 atom stereocenters. The maximum atomic E-state index is 12.5. The molecule has 7 heteroatoms. The Labute approximate surface area is 161 Å². The number of ether oxygens (including phenoxy) is 2. The highest BCUT2D eigenvalue weighted by Crippen LogP contribution is 2.47. The number of fused-ring (bicyclic) bond motifs is 3. The van der Waals surface area contributed by atoms with Gasteiger partial charge in [-0.3, -0.25) is 9.59 Å². The highest BCUT2D eigenvalue weighted by molar-refractivity contribution is 7.20. The van der Waals surface area contributed by atoms with Crippen LogP contribution in [0.15, 0.2) is 24.3 Å². The Hall–Kier alpha value is -2.67. The van der Waals surface area contributed by atoms with Gasteiger partial charge in [0.2, 0.25) is 5.91 Å². The first kappa shape index (κ1) is 19.1. The van der Waals surface area contributed by atoms with Crippen LogP contribution in [-0.4, -0.2) is 31.6 Å². The van der Waals surface area contributed by atoms with Gasteiger partial charge in [-0.2, -0.15) is 0 Å². The van der Waals surface area contributed by atoms with Gasteiger partial charge in [-0.1, -0.05) is 24.3 Å². The number of carbonyl (C=O) groups is 3. The first-order valence-electron chi connectivity index (χ1n) is 8.82. The third-order valence-electron chi connectivity index (χ3n) is 4.38. The van der Waals surface area contributed by atoms with Crippen molar-refractivity contribution < 1.29 is 23.9 Å². The second-order valence-corrected chi connectivity index (χ2v) is 7.17. The fraction of sp³-hybridized carbons (Fsp3) is 0.350. The molecule has 6 nitrogen and oxygen atoms in total. The highest BCUT2D eigenvalue weighted by Gasteiger charge is 2.31. The zero-order chi connectivity index (χ0) is 19.4. The van der Waals surface area contributed by atoms with Crippen LogP contribution in [0, 0.1) is 0 Å². The number of nitrogens with one attached hydrogen (secondary N) is 1. The molecule has 142 valence electrons. The Morgan fingerprint density at radius 3 is 2.70 bits per heavy atom. The average molecular weight is 387 g/mol. The van der Waals surface area contributed by atoms with Crippen LogP contribution in [-0.2, 0) is 25.5 Å². The summed E-state index contributed by atoms with van der Waals surface area (Å²) in [5.74, 6) is -1.01. The van der Waals surface area contributed by atoms with Gasteiger partial charge in [0, 0.05) is 24.1 Å². The summed E-state index contributed by atoms with van der Waals surface area (Å²) in [4.78, 5) is 37.0.